The van der Waals surface area contributed by atoms with Crippen LogP contribution in [-0.4, -0.2) is 23.8 Å². The Balaban J connectivity index is 1.77. The second-order valence-electron chi connectivity index (χ2n) is 8.34. The molecule has 1 aromatic heterocycles. The van der Waals surface area contributed by atoms with E-state index in [1.54, 1.807) is 18.4 Å². The minimum absolute atomic E-state index is 0.211. The molecule has 0 N–H and O–H groups in total. The zero-order chi connectivity index (χ0) is 25.2. The molecule has 1 aliphatic heterocycles. The third kappa shape index (κ3) is 4.16. The summed E-state index contributed by atoms with van der Waals surface area (Å²) in [5.74, 6) is 0.250. The molecule has 0 aliphatic carbocycles. The van der Waals surface area contributed by atoms with Crippen LogP contribution in [0.15, 0.2) is 87.8 Å². The molecule has 6 nitrogen and oxygen atoms in total. The van der Waals surface area contributed by atoms with E-state index in [0.717, 1.165) is 21.9 Å². The predicted molar refractivity (Wildman–Crippen MR) is 142 cm³/mol. The van der Waals surface area contributed by atoms with Gasteiger partial charge in [0.25, 0.3) is 5.56 Å². The number of hydrogen-bond acceptors (Lipinski definition) is 6. The topological polar surface area (TPSA) is 69.9 Å². The third-order valence-electron chi connectivity index (χ3n) is 6.14. The van der Waals surface area contributed by atoms with Crippen LogP contribution in [0.3, 0.4) is 0 Å². The summed E-state index contributed by atoms with van der Waals surface area (Å²) in [6.07, 6.45) is 1.88. The van der Waals surface area contributed by atoms with Gasteiger partial charge in [0.1, 0.15) is 5.75 Å². The number of carbonyl (C=O) groups is 1. The van der Waals surface area contributed by atoms with Crippen LogP contribution in [0.4, 0.5) is 0 Å². The van der Waals surface area contributed by atoms with Crippen molar-refractivity contribution in [2.24, 2.45) is 4.99 Å². The molecule has 2 heterocycles. The van der Waals surface area contributed by atoms with Gasteiger partial charge in [-0.1, -0.05) is 72.0 Å². The Hall–Kier alpha value is -3.97. The zero-order valence-electron chi connectivity index (χ0n) is 20.4. The number of aromatic nitrogens is 1. The van der Waals surface area contributed by atoms with Gasteiger partial charge in [-0.3, -0.25) is 9.36 Å². The van der Waals surface area contributed by atoms with Gasteiger partial charge in [-0.2, -0.15) is 0 Å². The molecule has 4 aromatic rings. The summed E-state index contributed by atoms with van der Waals surface area (Å²) < 4.78 is 13.4. The Kier molecular flexibility index (Phi) is 6.57. The van der Waals surface area contributed by atoms with E-state index >= 15 is 0 Å². The Morgan fingerprint density at radius 2 is 1.78 bits per heavy atom. The van der Waals surface area contributed by atoms with Crippen LogP contribution in [0.2, 0.25) is 0 Å². The Labute approximate surface area is 212 Å². The number of allylic oxidation sites excluding steroid dienone is 1. The van der Waals surface area contributed by atoms with Crippen LogP contribution in [0.1, 0.15) is 37.9 Å². The van der Waals surface area contributed by atoms with Gasteiger partial charge in [0.15, 0.2) is 4.80 Å². The van der Waals surface area contributed by atoms with Crippen LogP contribution >= 0.6 is 11.3 Å². The average molecular weight is 499 g/mol. The van der Waals surface area contributed by atoms with Crippen LogP contribution in [0.25, 0.3) is 16.8 Å². The molecule has 0 amide bonds. The van der Waals surface area contributed by atoms with Crippen molar-refractivity contribution in [1.29, 1.82) is 0 Å². The van der Waals surface area contributed by atoms with Gasteiger partial charge in [0, 0.05) is 5.56 Å². The number of esters is 1. The summed E-state index contributed by atoms with van der Waals surface area (Å²) in [6.45, 7) is 6.24. The number of nitrogens with zero attached hydrogens (tertiary/aromatic N) is 2. The van der Waals surface area contributed by atoms with E-state index in [2.05, 4.69) is 4.99 Å². The lowest BCUT2D eigenvalue weighted by molar-refractivity contribution is -0.139. The van der Waals surface area contributed by atoms with E-state index in [9.17, 15) is 9.59 Å². The second kappa shape index (κ2) is 9.95. The Bertz CT molecular complexity index is 1670. The van der Waals surface area contributed by atoms with Gasteiger partial charge in [0.05, 0.1) is 35.1 Å². The lowest BCUT2D eigenvalue weighted by Gasteiger charge is -2.24. The molecule has 5 rings (SSSR count). The van der Waals surface area contributed by atoms with Gasteiger partial charge in [0.2, 0.25) is 0 Å². The van der Waals surface area contributed by atoms with Crippen molar-refractivity contribution in [3.8, 4) is 5.75 Å². The van der Waals surface area contributed by atoms with Gasteiger partial charge >= 0.3 is 5.97 Å². The van der Waals surface area contributed by atoms with Crippen LogP contribution in [0.5, 0.6) is 5.75 Å². The van der Waals surface area contributed by atoms with Gasteiger partial charge in [-0.15, -0.1) is 0 Å². The molecule has 7 heteroatoms. The number of thiazole rings is 1. The number of ether oxygens (including phenoxy) is 2. The molecule has 0 unspecified atom stereocenters. The quantitative estimate of drug-likeness (QED) is 0.371. The van der Waals surface area contributed by atoms with Crippen molar-refractivity contribution in [2.45, 2.75) is 26.8 Å². The molecule has 0 saturated carbocycles. The van der Waals surface area contributed by atoms with Crippen molar-refractivity contribution >= 4 is 34.2 Å². The molecule has 0 bridgehead atoms. The van der Waals surface area contributed by atoms with Gasteiger partial charge < -0.3 is 9.47 Å². The van der Waals surface area contributed by atoms with Crippen molar-refractivity contribution in [1.82, 2.24) is 4.57 Å². The first kappa shape index (κ1) is 23.8. The summed E-state index contributed by atoms with van der Waals surface area (Å²) >= 11 is 1.31. The average Bonchev–Trinajstić information content (AvgIpc) is 3.19. The number of fused-ring (bicyclic) bond motifs is 2. The van der Waals surface area contributed by atoms with Gasteiger partial charge in [-0.05, 0) is 49.2 Å². The van der Waals surface area contributed by atoms with E-state index in [1.807, 2.05) is 79.7 Å². The summed E-state index contributed by atoms with van der Waals surface area (Å²) in [5, 5.41) is 2.06. The molecule has 182 valence electrons. The molecule has 36 heavy (non-hydrogen) atoms. The number of benzene rings is 3. The van der Waals surface area contributed by atoms with E-state index in [-0.39, 0.29) is 12.2 Å². The largest absolute Gasteiger partial charge is 0.493 e. The van der Waals surface area contributed by atoms with Crippen LogP contribution in [0, 0.1) is 0 Å². The maximum absolute atomic E-state index is 13.9. The lowest BCUT2D eigenvalue weighted by Crippen LogP contribution is -2.39. The molecule has 1 aliphatic rings. The van der Waals surface area contributed by atoms with E-state index < -0.39 is 12.0 Å². The minimum Gasteiger partial charge on any atom is -0.493 e. The summed E-state index contributed by atoms with van der Waals surface area (Å²) in [5.41, 5.74) is 2.38. The third-order valence-corrected chi connectivity index (χ3v) is 7.12. The maximum atomic E-state index is 13.9. The van der Waals surface area contributed by atoms with Crippen molar-refractivity contribution in [3.05, 3.63) is 109 Å². The molecule has 1 atom stereocenters. The lowest BCUT2D eigenvalue weighted by atomic mass is 9.96. The smallest absolute Gasteiger partial charge is 0.338 e. The SMILES string of the molecule is CCOC(=O)C1=C(C)N=c2s/c(=C\c3c(OCC)ccc4ccccc34)c(=O)n2[C@H]1c1ccccc1. The standard InChI is InChI=1S/C29H26N2O4S/c1-4-34-23-16-15-19-11-9-10-14-21(19)22(23)17-24-27(32)31-26(20-12-7-6-8-13-20)25(28(33)35-5-2)18(3)30-29(31)36-24/h6-17,26H,4-5H2,1-3H3/b24-17-/t26-/m0/s1. The predicted octanol–water partition coefficient (Wildman–Crippen LogP) is 4.35. The molecule has 3 aromatic carbocycles. The summed E-state index contributed by atoms with van der Waals surface area (Å²) in [4.78, 5) is 32.1. The number of rotatable bonds is 6. The van der Waals surface area contributed by atoms with Crippen molar-refractivity contribution < 1.29 is 14.3 Å². The minimum atomic E-state index is -0.623. The van der Waals surface area contributed by atoms with Crippen LogP contribution in [-0.2, 0) is 9.53 Å². The van der Waals surface area contributed by atoms with Crippen molar-refractivity contribution in [2.75, 3.05) is 13.2 Å². The second-order valence-corrected chi connectivity index (χ2v) is 9.35. The molecular formula is C29H26N2O4S. The highest BCUT2D eigenvalue weighted by molar-refractivity contribution is 7.07. The fourth-order valence-corrected chi connectivity index (χ4v) is 5.61. The fourth-order valence-electron chi connectivity index (χ4n) is 4.58. The highest BCUT2D eigenvalue weighted by atomic mass is 32.1. The first-order valence-electron chi connectivity index (χ1n) is 11.9. The summed E-state index contributed by atoms with van der Waals surface area (Å²) in [7, 11) is 0. The fraction of sp³-hybridized carbons (Fsp3) is 0.207. The van der Waals surface area contributed by atoms with E-state index in [0.29, 0.717) is 33.0 Å². The zero-order valence-corrected chi connectivity index (χ0v) is 21.2. The molecule has 0 spiro atoms. The van der Waals surface area contributed by atoms with Crippen LogP contribution < -0.4 is 19.6 Å². The monoisotopic (exact) mass is 498 g/mol. The van der Waals surface area contributed by atoms with E-state index in [1.165, 1.54) is 11.3 Å². The van der Waals surface area contributed by atoms with E-state index in [4.69, 9.17) is 9.47 Å². The number of hydrogen-bond donors (Lipinski definition) is 0. The van der Waals surface area contributed by atoms with Gasteiger partial charge in [-0.25, -0.2) is 9.79 Å². The summed E-state index contributed by atoms with van der Waals surface area (Å²) in [6, 6.07) is 20.9. The molecule has 0 radical (unpaired) electrons. The highest BCUT2D eigenvalue weighted by Crippen LogP contribution is 2.31. The molecular weight excluding hydrogens is 472 g/mol. The maximum Gasteiger partial charge on any atom is 0.338 e. The highest BCUT2D eigenvalue weighted by Gasteiger charge is 2.33. The normalized spacial score (nSPS) is 15.5. The Morgan fingerprint density at radius 1 is 1.03 bits per heavy atom. The molecule has 0 saturated heterocycles. The molecule has 0 fully saturated rings. The first-order chi connectivity index (χ1) is 17.5. The Morgan fingerprint density at radius 3 is 2.53 bits per heavy atom. The van der Waals surface area contributed by atoms with Crippen molar-refractivity contribution in [3.63, 3.8) is 0 Å². The first-order valence-corrected chi connectivity index (χ1v) is 12.7. The number of carbonyl (C=O) groups excluding carboxylic acids is 1.